The van der Waals surface area contributed by atoms with Crippen LogP contribution in [0.15, 0.2) is 47.5 Å². The van der Waals surface area contributed by atoms with Crippen molar-refractivity contribution in [3.63, 3.8) is 0 Å². The zero-order valence-corrected chi connectivity index (χ0v) is 26.3. The van der Waals surface area contributed by atoms with Crippen LogP contribution in [0.1, 0.15) is 57.7 Å². The second kappa shape index (κ2) is 13.5. The topological polar surface area (TPSA) is 118 Å². The molecule has 10 nitrogen and oxygen atoms in total. The predicted molar refractivity (Wildman–Crippen MR) is 162 cm³/mol. The summed E-state index contributed by atoms with van der Waals surface area (Å²) in [4.78, 5) is 24.9. The first-order chi connectivity index (χ1) is 21.9. The van der Waals surface area contributed by atoms with Crippen molar-refractivity contribution in [1.29, 1.82) is 5.26 Å². The molecular weight excluding hydrogens is 601 g/mol. The summed E-state index contributed by atoms with van der Waals surface area (Å²) in [5, 5.41) is 13.5. The second-order valence-electron chi connectivity index (χ2n) is 12.3. The zero-order valence-electron chi connectivity index (χ0n) is 26.3. The van der Waals surface area contributed by atoms with Gasteiger partial charge in [-0.25, -0.2) is 13.2 Å². The molecule has 0 N–H and O–H groups in total. The first-order valence-electron chi connectivity index (χ1n) is 15.2. The Bertz CT molecular complexity index is 1600. The Kier molecular flexibility index (Phi) is 9.67. The van der Waals surface area contributed by atoms with Crippen molar-refractivity contribution in [1.82, 2.24) is 24.9 Å². The van der Waals surface area contributed by atoms with Gasteiger partial charge in [-0.15, -0.1) is 0 Å². The predicted octanol–water partition coefficient (Wildman–Crippen LogP) is 5.38. The molecule has 0 spiro atoms. The molecule has 46 heavy (non-hydrogen) atoms. The molecule has 2 aromatic heterocycles. The molecule has 0 radical (unpaired) electrons. The SMILES string of the molecule is C=CC(=O)N1CC[C@H](Oc2cc(O[C@@H](C)[C@@H]3C[C@@H](F)CN3C)nc(-c3cc(C(C)(C)c4c(F)cccc4F)no3)n2)C[C@H]1CC#N. The molecule has 1 aromatic carbocycles. The highest BCUT2D eigenvalue weighted by Gasteiger charge is 2.36. The quantitative estimate of drug-likeness (QED) is 0.270. The third-order valence-corrected chi connectivity index (χ3v) is 8.78. The Morgan fingerprint density at radius 3 is 2.61 bits per heavy atom. The number of halogens is 3. The van der Waals surface area contributed by atoms with Crippen LogP contribution >= 0.6 is 0 Å². The number of alkyl halides is 1. The van der Waals surface area contributed by atoms with Crippen LogP contribution < -0.4 is 9.47 Å². The van der Waals surface area contributed by atoms with Gasteiger partial charge in [-0.1, -0.05) is 17.8 Å². The van der Waals surface area contributed by atoms with E-state index in [-0.39, 0.29) is 65.1 Å². The average molecular weight is 639 g/mol. The number of likely N-dealkylation sites (tertiary alicyclic amines) is 2. The highest BCUT2D eigenvalue weighted by Crippen LogP contribution is 2.37. The molecule has 5 rings (SSSR count). The lowest BCUT2D eigenvalue weighted by Gasteiger charge is -2.37. The molecule has 3 aromatic rings. The molecule has 2 aliphatic rings. The third kappa shape index (κ3) is 6.87. The largest absolute Gasteiger partial charge is 0.474 e. The van der Waals surface area contributed by atoms with Gasteiger partial charge in [-0.2, -0.15) is 15.2 Å². The number of ether oxygens (including phenoxy) is 2. The summed E-state index contributed by atoms with van der Waals surface area (Å²) in [6.07, 6.45) is 0.748. The number of aromatic nitrogens is 3. The Hall–Kier alpha value is -4.44. The minimum absolute atomic E-state index is 0.0549. The molecule has 2 saturated heterocycles. The highest BCUT2D eigenvalue weighted by atomic mass is 19.1. The number of rotatable bonds is 10. The highest BCUT2D eigenvalue weighted by molar-refractivity contribution is 5.87. The number of carbonyl (C=O) groups is 1. The lowest BCUT2D eigenvalue weighted by Crippen LogP contribution is -2.48. The summed E-state index contributed by atoms with van der Waals surface area (Å²) < 4.78 is 61.7. The molecule has 4 heterocycles. The van der Waals surface area contributed by atoms with E-state index in [1.807, 2.05) is 18.9 Å². The number of hydrogen-bond donors (Lipinski definition) is 0. The van der Waals surface area contributed by atoms with Gasteiger partial charge < -0.3 is 18.9 Å². The van der Waals surface area contributed by atoms with E-state index in [0.29, 0.717) is 32.4 Å². The van der Waals surface area contributed by atoms with E-state index >= 15 is 0 Å². The molecule has 1 amide bonds. The second-order valence-corrected chi connectivity index (χ2v) is 12.3. The molecule has 0 unspecified atom stereocenters. The van der Waals surface area contributed by atoms with Crippen LogP contribution in [0.25, 0.3) is 11.6 Å². The van der Waals surface area contributed by atoms with Crippen LogP contribution in [0.2, 0.25) is 0 Å². The molecular formula is C33H37F3N6O4. The molecule has 13 heteroatoms. The summed E-state index contributed by atoms with van der Waals surface area (Å²) in [5.74, 6) is -1.22. The number of nitriles is 1. The molecule has 0 bridgehead atoms. The van der Waals surface area contributed by atoms with Crippen LogP contribution in [-0.2, 0) is 10.2 Å². The monoisotopic (exact) mass is 638 g/mol. The van der Waals surface area contributed by atoms with Gasteiger partial charge >= 0.3 is 0 Å². The summed E-state index contributed by atoms with van der Waals surface area (Å²) in [7, 11) is 1.83. The van der Waals surface area contributed by atoms with Crippen LogP contribution in [0.5, 0.6) is 11.8 Å². The van der Waals surface area contributed by atoms with Crippen molar-refractivity contribution in [3.8, 4) is 29.4 Å². The number of amides is 1. The lowest BCUT2D eigenvalue weighted by atomic mass is 9.80. The Morgan fingerprint density at radius 1 is 1.24 bits per heavy atom. The maximum Gasteiger partial charge on any atom is 0.246 e. The zero-order chi connectivity index (χ0) is 33.2. The summed E-state index contributed by atoms with van der Waals surface area (Å²) >= 11 is 0. The van der Waals surface area contributed by atoms with E-state index in [0.717, 1.165) is 0 Å². The van der Waals surface area contributed by atoms with Gasteiger partial charge in [0, 0.05) is 55.1 Å². The molecule has 2 fully saturated rings. The number of piperidine rings is 1. The van der Waals surface area contributed by atoms with Gasteiger partial charge in [-0.3, -0.25) is 9.69 Å². The van der Waals surface area contributed by atoms with Crippen molar-refractivity contribution in [3.05, 3.63) is 65.9 Å². The van der Waals surface area contributed by atoms with Crippen molar-refractivity contribution in [2.75, 3.05) is 20.1 Å². The van der Waals surface area contributed by atoms with Crippen molar-refractivity contribution in [2.45, 2.75) is 82.3 Å². The summed E-state index contributed by atoms with van der Waals surface area (Å²) in [6, 6.07) is 8.27. The molecule has 2 aliphatic heterocycles. The summed E-state index contributed by atoms with van der Waals surface area (Å²) in [5.41, 5.74) is -1.12. The molecule has 0 saturated carbocycles. The smallest absolute Gasteiger partial charge is 0.246 e. The fraction of sp³-hybridized carbons (Fsp3) is 0.485. The van der Waals surface area contributed by atoms with E-state index in [2.05, 4.69) is 27.8 Å². The molecule has 244 valence electrons. The van der Waals surface area contributed by atoms with E-state index in [1.165, 1.54) is 36.4 Å². The van der Waals surface area contributed by atoms with Gasteiger partial charge in [0.1, 0.15) is 30.0 Å². The fourth-order valence-electron chi connectivity index (χ4n) is 6.31. The Balaban J connectivity index is 1.46. The van der Waals surface area contributed by atoms with Crippen molar-refractivity contribution in [2.24, 2.45) is 0 Å². The minimum atomic E-state index is -1.21. The van der Waals surface area contributed by atoms with Crippen LogP contribution in [0, 0.1) is 23.0 Å². The lowest BCUT2D eigenvalue weighted by molar-refractivity contribution is -0.130. The van der Waals surface area contributed by atoms with Crippen LogP contribution in [-0.4, -0.2) is 81.4 Å². The van der Waals surface area contributed by atoms with E-state index in [1.54, 1.807) is 18.7 Å². The molecule has 5 atom stereocenters. The van der Waals surface area contributed by atoms with E-state index in [4.69, 9.17) is 14.0 Å². The number of nitrogens with zero attached hydrogens (tertiary/aromatic N) is 6. The Morgan fingerprint density at radius 2 is 1.96 bits per heavy atom. The normalized spacial score (nSPS) is 22.7. The van der Waals surface area contributed by atoms with Gasteiger partial charge in [0.05, 0.1) is 24.3 Å². The molecule has 0 aliphatic carbocycles. The first kappa shape index (κ1) is 32.9. The van der Waals surface area contributed by atoms with Gasteiger partial charge in [0.2, 0.25) is 29.3 Å². The minimum Gasteiger partial charge on any atom is -0.474 e. The fourth-order valence-corrected chi connectivity index (χ4v) is 6.31. The number of carbonyl (C=O) groups excluding carboxylic acids is 1. The summed E-state index contributed by atoms with van der Waals surface area (Å²) in [6.45, 7) is 9.32. The Labute approximate surface area is 265 Å². The maximum absolute atomic E-state index is 14.7. The van der Waals surface area contributed by atoms with Crippen LogP contribution in [0.3, 0.4) is 0 Å². The number of likely N-dealkylation sites (N-methyl/N-ethyl adjacent to an activating group) is 1. The van der Waals surface area contributed by atoms with E-state index < -0.39 is 29.3 Å². The maximum atomic E-state index is 14.7. The van der Waals surface area contributed by atoms with Crippen LogP contribution in [0.4, 0.5) is 13.2 Å². The average Bonchev–Trinajstić information content (AvgIpc) is 3.64. The van der Waals surface area contributed by atoms with Crippen molar-refractivity contribution < 1.29 is 32.0 Å². The third-order valence-electron chi connectivity index (χ3n) is 8.78. The number of hydrogen-bond acceptors (Lipinski definition) is 9. The number of benzene rings is 1. The standard InChI is InChI=1S/C33H37F3N6O4/c1-6-30(43)42-13-11-22(15-21(42)10-12-37)45-29-17-28(44-19(2)25-14-20(34)18-41(25)5)38-32(39-29)26-16-27(40-46-26)33(3,4)31-23(35)8-7-9-24(31)36/h6-9,16-17,19-22,25H,1,10-11,13-15,18H2,2-5H3/t19-,20+,21+,22-,25-/m0/s1. The first-order valence-corrected chi connectivity index (χ1v) is 15.2. The van der Waals surface area contributed by atoms with Gasteiger partial charge in [0.15, 0.2) is 0 Å². The van der Waals surface area contributed by atoms with Gasteiger partial charge in [0.25, 0.3) is 0 Å². The van der Waals surface area contributed by atoms with E-state index in [9.17, 15) is 23.2 Å². The van der Waals surface area contributed by atoms with Crippen molar-refractivity contribution >= 4 is 5.91 Å². The van der Waals surface area contributed by atoms with Gasteiger partial charge in [-0.05, 0) is 52.4 Å².